The third-order valence-corrected chi connectivity index (χ3v) is 5.52. The topological polar surface area (TPSA) is 76.2 Å². The summed E-state index contributed by atoms with van der Waals surface area (Å²) < 4.78 is 3.94. The van der Waals surface area contributed by atoms with E-state index in [0.29, 0.717) is 24.7 Å². The third kappa shape index (κ3) is 2.51. The molecule has 4 heterocycles. The van der Waals surface area contributed by atoms with Gasteiger partial charge in [-0.1, -0.05) is 18.2 Å². The fraction of sp³-hybridized carbons (Fsp3) is 0.286. The average molecular weight is 375 g/mol. The van der Waals surface area contributed by atoms with Crippen LogP contribution in [0.5, 0.6) is 0 Å². The van der Waals surface area contributed by atoms with Crippen molar-refractivity contribution in [2.75, 3.05) is 13.1 Å². The molecular formula is C21H21N5O2. The number of aliphatic hydroxyl groups excluding tert-OH is 1. The Hall–Kier alpha value is -3.19. The fourth-order valence-corrected chi connectivity index (χ4v) is 4.18. The highest BCUT2D eigenvalue weighted by Gasteiger charge is 2.29. The van der Waals surface area contributed by atoms with Crippen LogP contribution in [0, 0.1) is 0 Å². The van der Waals surface area contributed by atoms with Crippen LogP contribution in [0.15, 0.2) is 48.8 Å². The minimum absolute atomic E-state index is 0.105. The molecule has 1 aliphatic heterocycles. The van der Waals surface area contributed by atoms with E-state index in [4.69, 9.17) is 0 Å². The van der Waals surface area contributed by atoms with E-state index in [1.807, 2.05) is 29.8 Å². The first-order chi connectivity index (χ1) is 13.6. The van der Waals surface area contributed by atoms with Crippen molar-refractivity contribution >= 4 is 27.8 Å². The molecular weight excluding hydrogens is 354 g/mol. The van der Waals surface area contributed by atoms with Crippen molar-refractivity contribution in [2.45, 2.75) is 18.9 Å². The van der Waals surface area contributed by atoms with Crippen molar-refractivity contribution in [1.82, 2.24) is 24.0 Å². The van der Waals surface area contributed by atoms with E-state index in [1.165, 1.54) is 0 Å². The summed E-state index contributed by atoms with van der Waals surface area (Å²) >= 11 is 0. The van der Waals surface area contributed by atoms with Crippen LogP contribution in [-0.2, 0) is 7.05 Å². The Labute approximate surface area is 161 Å². The Morgan fingerprint density at radius 1 is 1.14 bits per heavy atom. The van der Waals surface area contributed by atoms with Crippen LogP contribution in [0.4, 0.5) is 0 Å². The predicted octanol–water partition coefficient (Wildman–Crippen LogP) is 2.51. The molecule has 1 fully saturated rings. The number of para-hydroxylation sites is 1. The monoisotopic (exact) mass is 375 g/mol. The summed E-state index contributed by atoms with van der Waals surface area (Å²) in [6.07, 6.45) is 4.43. The second-order valence-corrected chi connectivity index (χ2v) is 7.27. The highest BCUT2D eigenvalue weighted by molar-refractivity contribution is 6.10. The maximum Gasteiger partial charge on any atom is 0.271 e. The molecule has 0 spiro atoms. The number of amides is 1. The molecule has 1 aromatic carbocycles. The van der Waals surface area contributed by atoms with E-state index in [2.05, 4.69) is 26.7 Å². The molecule has 28 heavy (non-hydrogen) atoms. The van der Waals surface area contributed by atoms with Gasteiger partial charge in [0.15, 0.2) is 0 Å². The molecule has 1 atom stereocenters. The molecule has 7 nitrogen and oxygen atoms in total. The minimum atomic E-state index is -0.468. The number of aromatic nitrogens is 4. The fourth-order valence-electron chi connectivity index (χ4n) is 4.18. The maximum absolute atomic E-state index is 13.4. The number of likely N-dealkylation sites (tertiary alicyclic amines) is 1. The number of benzene rings is 1. The first-order valence-electron chi connectivity index (χ1n) is 9.49. The van der Waals surface area contributed by atoms with Crippen molar-refractivity contribution in [2.24, 2.45) is 7.05 Å². The number of β-amino-alcohol motifs (C(OH)–C–C–N with tert-alkyl or cyclic N) is 1. The van der Waals surface area contributed by atoms with Crippen LogP contribution < -0.4 is 0 Å². The van der Waals surface area contributed by atoms with Gasteiger partial charge in [-0.3, -0.25) is 9.36 Å². The number of hydrogen-bond donors (Lipinski definition) is 1. The van der Waals surface area contributed by atoms with Crippen molar-refractivity contribution < 1.29 is 9.90 Å². The number of fused-ring (bicyclic) bond motifs is 3. The van der Waals surface area contributed by atoms with Crippen molar-refractivity contribution in [3.05, 3.63) is 54.5 Å². The maximum atomic E-state index is 13.4. The normalized spacial score (nSPS) is 17.5. The van der Waals surface area contributed by atoms with Gasteiger partial charge in [-0.25, -0.2) is 9.97 Å². The standard InChI is InChI=1S/C21H21N5O2/c1-24-16-8-3-2-7-15(16)19-17(24)12-18(26(19)21-22-9-5-10-23-21)20(28)25-11-4-6-14(27)13-25/h2-3,5,7-10,12,14,27H,4,6,11,13H2,1H3/t14-/m0/s1. The lowest BCUT2D eigenvalue weighted by atomic mass is 10.1. The Morgan fingerprint density at radius 2 is 1.93 bits per heavy atom. The number of hydrogen-bond acceptors (Lipinski definition) is 4. The largest absolute Gasteiger partial charge is 0.391 e. The SMILES string of the molecule is Cn1c2ccccc2c2c1cc(C(=O)N1CCC[C@H](O)C1)n2-c1ncccn1. The molecule has 0 radical (unpaired) electrons. The average Bonchev–Trinajstić information content (AvgIpc) is 3.25. The molecule has 7 heteroatoms. The molecule has 1 N–H and O–H groups in total. The lowest BCUT2D eigenvalue weighted by Gasteiger charge is -2.30. The van der Waals surface area contributed by atoms with Crippen LogP contribution >= 0.6 is 0 Å². The molecule has 0 saturated carbocycles. The first-order valence-corrected chi connectivity index (χ1v) is 9.49. The number of carbonyl (C=O) groups is 1. The van der Waals surface area contributed by atoms with Gasteiger partial charge in [-0.05, 0) is 31.0 Å². The van der Waals surface area contributed by atoms with Gasteiger partial charge < -0.3 is 14.6 Å². The van der Waals surface area contributed by atoms with Crippen LogP contribution in [0.1, 0.15) is 23.3 Å². The molecule has 1 aliphatic rings. The Balaban J connectivity index is 1.77. The summed E-state index contributed by atoms with van der Waals surface area (Å²) in [6.45, 7) is 1.00. The molecule has 0 bridgehead atoms. The van der Waals surface area contributed by atoms with Gasteiger partial charge in [0.1, 0.15) is 5.69 Å². The summed E-state index contributed by atoms with van der Waals surface area (Å²) in [6, 6.07) is 11.8. The van der Waals surface area contributed by atoms with Crippen LogP contribution in [0.25, 0.3) is 27.9 Å². The molecule has 142 valence electrons. The van der Waals surface area contributed by atoms with E-state index in [1.54, 1.807) is 23.4 Å². The van der Waals surface area contributed by atoms with E-state index in [9.17, 15) is 9.90 Å². The summed E-state index contributed by atoms with van der Waals surface area (Å²) in [5.41, 5.74) is 3.48. The number of aliphatic hydroxyl groups is 1. The molecule has 4 aromatic rings. The van der Waals surface area contributed by atoms with E-state index < -0.39 is 6.10 Å². The highest BCUT2D eigenvalue weighted by Crippen LogP contribution is 2.33. The van der Waals surface area contributed by atoms with E-state index in [-0.39, 0.29) is 5.91 Å². The van der Waals surface area contributed by atoms with E-state index in [0.717, 1.165) is 34.8 Å². The molecule has 5 rings (SSSR count). The lowest BCUT2D eigenvalue weighted by Crippen LogP contribution is -2.42. The first kappa shape index (κ1) is 16.9. The lowest BCUT2D eigenvalue weighted by molar-refractivity contribution is 0.0467. The third-order valence-electron chi connectivity index (χ3n) is 5.52. The van der Waals surface area contributed by atoms with Crippen molar-refractivity contribution in [3.8, 4) is 5.95 Å². The highest BCUT2D eigenvalue weighted by atomic mass is 16.3. The van der Waals surface area contributed by atoms with E-state index >= 15 is 0 Å². The summed E-state index contributed by atoms with van der Waals surface area (Å²) in [5, 5.41) is 11.1. The molecule has 0 aliphatic carbocycles. The van der Waals surface area contributed by atoms with Crippen LogP contribution in [-0.4, -0.2) is 54.2 Å². The number of piperidine rings is 1. The van der Waals surface area contributed by atoms with Crippen LogP contribution in [0.2, 0.25) is 0 Å². The zero-order valence-electron chi connectivity index (χ0n) is 15.6. The zero-order valence-corrected chi connectivity index (χ0v) is 15.6. The molecule has 0 unspecified atom stereocenters. The summed E-state index contributed by atoms with van der Waals surface area (Å²) in [4.78, 5) is 23.9. The molecule has 1 saturated heterocycles. The molecule has 3 aromatic heterocycles. The second-order valence-electron chi connectivity index (χ2n) is 7.27. The van der Waals surface area contributed by atoms with Crippen molar-refractivity contribution in [1.29, 1.82) is 0 Å². The number of carbonyl (C=O) groups excluding carboxylic acids is 1. The number of rotatable bonds is 2. The van der Waals surface area contributed by atoms with Gasteiger partial charge in [-0.15, -0.1) is 0 Å². The van der Waals surface area contributed by atoms with Gasteiger partial charge in [0.25, 0.3) is 5.91 Å². The summed E-state index contributed by atoms with van der Waals surface area (Å²) in [5.74, 6) is 0.362. The number of aryl methyl sites for hydroxylation is 1. The Morgan fingerprint density at radius 3 is 2.71 bits per heavy atom. The molecule has 1 amide bonds. The van der Waals surface area contributed by atoms with Gasteiger partial charge >= 0.3 is 0 Å². The predicted molar refractivity (Wildman–Crippen MR) is 106 cm³/mol. The van der Waals surface area contributed by atoms with Gasteiger partial charge in [-0.2, -0.15) is 0 Å². The minimum Gasteiger partial charge on any atom is -0.391 e. The van der Waals surface area contributed by atoms with Gasteiger partial charge in [0, 0.05) is 37.9 Å². The zero-order chi connectivity index (χ0) is 19.3. The van der Waals surface area contributed by atoms with Crippen LogP contribution in [0.3, 0.4) is 0 Å². The second kappa shape index (κ2) is 6.45. The number of nitrogens with zero attached hydrogens (tertiary/aromatic N) is 5. The van der Waals surface area contributed by atoms with Crippen molar-refractivity contribution in [3.63, 3.8) is 0 Å². The Kier molecular flexibility index (Phi) is 3.91. The quantitative estimate of drug-likeness (QED) is 0.584. The van der Waals surface area contributed by atoms with Gasteiger partial charge in [0.05, 0.1) is 22.7 Å². The smallest absolute Gasteiger partial charge is 0.271 e. The van der Waals surface area contributed by atoms with Gasteiger partial charge in [0.2, 0.25) is 5.95 Å². The summed E-state index contributed by atoms with van der Waals surface area (Å²) in [7, 11) is 2.00. The Bertz CT molecular complexity index is 1180.